The van der Waals surface area contributed by atoms with Crippen molar-refractivity contribution in [2.45, 2.75) is 24.5 Å². The molecule has 1 aromatic carbocycles. The first-order chi connectivity index (χ1) is 13.2. The van der Waals surface area contributed by atoms with Crippen molar-refractivity contribution < 1.29 is 22.7 Å². The minimum Gasteiger partial charge on any atom is -0.469 e. The number of hydrogen-bond acceptors (Lipinski definition) is 6. The third kappa shape index (κ3) is 6.07. The van der Waals surface area contributed by atoms with E-state index in [4.69, 9.17) is 0 Å². The van der Waals surface area contributed by atoms with Crippen LogP contribution in [0.4, 0.5) is 5.69 Å². The van der Waals surface area contributed by atoms with Crippen LogP contribution in [0.1, 0.15) is 30.6 Å². The summed E-state index contributed by atoms with van der Waals surface area (Å²) < 4.78 is 32.1. The number of thiophene rings is 1. The van der Waals surface area contributed by atoms with Gasteiger partial charge in [0.25, 0.3) is 15.9 Å². The fourth-order valence-corrected chi connectivity index (χ4v) is 4.61. The second kappa shape index (κ2) is 9.70. The van der Waals surface area contributed by atoms with E-state index < -0.39 is 10.0 Å². The Morgan fingerprint density at radius 2 is 1.96 bits per heavy atom. The highest BCUT2D eigenvalue weighted by atomic mass is 32.2. The zero-order valence-corrected chi connectivity index (χ0v) is 17.7. The minimum atomic E-state index is -3.69. The number of nitrogens with one attached hydrogen (secondary N) is 1. The van der Waals surface area contributed by atoms with Crippen molar-refractivity contribution in [3.63, 3.8) is 0 Å². The van der Waals surface area contributed by atoms with Crippen LogP contribution < -0.4 is 4.72 Å². The van der Waals surface area contributed by atoms with Gasteiger partial charge >= 0.3 is 5.97 Å². The molecule has 0 fully saturated rings. The predicted molar refractivity (Wildman–Crippen MR) is 109 cm³/mol. The highest BCUT2D eigenvalue weighted by molar-refractivity contribution is 7.94. The molecule has 1 amide bonds. The first-order valence-corrected chi connectivity index (χ1v) is 11.1. The van der Waals surface area contributed by atoms with Crippen LogP contribution in [-0.4, -0.2) is 45.4 Å². The Bertz CT molecular complexity index is 908. The SMILES string of the molecule is COC(=O)CCN(CC(C)C)C(=O)c1cccc(NS(=O)(=O)c2cccs2)c1. The van der Waals surface area contributed by atoms with Gasteiger partial charge in [-0.25, -0.2) is 8.42 Å². The van der Waals surface area contributed by atoms with Gasteiger partial charge in [0.1, 0.15) is 4.21 Å². The fourth-order valence-electron chi connectivity index (χ4n) is 2.56. The Kier molecular flexibility index (Phi) is 7.59. The fraction of sp³-hybridized carbons (Fsp3) is 0.368. The average molecular weight is 425 g/mol. The number of ether oxygens (including phenoxy) is 1. The van der Waals surface area contributed by atoms with Crippen LogP contribution in [0.25, 0.3) is 0 Å². The summed E-state index contributed by atoms with van der Waals surface area (Å²) in [6, 6.07) is 9.50. The maximum atomic E-state index is 12.9. The molecule has 0 spiro atoms. The van der Waals surface area contributed by atoms with Crippen molar-refractivity contribution in [2.75, 3.05) is 24.9 Å². The number of amides is 1. The molecular weight excluding hydrogens is 400 g/mol. The van der Waals surface area contributed by atoms with Gasteiger partial charge < -0.3 is 9.64 Å². The molecule has 0 atom stereocenters. The van der Waals surface area contributed by atoms with Gasteiger partial charge in [0.15, 0.2) is 0 Å². The Balaban J connectivity index is 2.19. The van der Waals surface area contributed by atoms with E-state index in [1.165, 1.54) is 19.2 Å². The maximum absolute atomic E-state index is 12.9. The molecule has 152 valence electrons. The lowest BCUT2D eigenvalue weighted by Gasteiger charge is -2.24. The third-order valence-corrected chi connectivity index (χ3v) is 6.59. The number of sulfonamides is 1. The van der Waals surface area contributed by atoms with Crippen molar-refractivity contribution in [1.82, 2.24) is 4.90 Å². The number of carbonyl (C=O) groups excluding carboxylic acids is 2. The Hall–Kier alpha value is -2.39. The van der Waals surface area contributed by atoms with Gasteiger partial charge in [-0.1, -0.05) is 26.0 Å². The molecule has 2 rings (SSSR count). The van der Waals surface area contributed by atoms with Crippen LogP contribution in [-0.2, 0) is 19.6 Å². The molecule has 0 aliphatic heterocycles. The highest BCUT2D eigenvalue weighted by Gasteiger charge is 2.20. The molecular formula is C19H24N2O5S2. The molecule has 0 saturated carbocycles. The number of benzene rings is 1. The zero-order chi connectivity index (χ0) is 20.7. The summed E-state index contributed by atoms with van der Waals surface area (Å²) in [4.78, 5) is 26.0. The normalized spacial score (nSPS) is 11.3. The van der Waals surface area contributed by atoms with Gasteiger partial charge in [-0.15, -0.1) is 11.3 Å². The largest absolute Gasteiger partial charge is 0.469 e. The van der Waals surface area contributed by atoms with E-state index in [1.807, 2.05) is 13.8 Å². The lowest BCUT2D eigenvalue weighted by molar-refractivity contribution is -0.140. The molecule has 2 aromatic rings. The van der Waals surface area contributed by atoms with E-state index >= 15 is 0 Å². The van der Waals surface area contributed by atoms with Gasteiger partial charge in [-0.3, -0.25) is 14.3 Å². The smallest absolute Gasteiger partial charge is 0.307 e. The van der Waals surface area contributed by atoms with Crippen molar-refractivity contribution in [2.24, 2.45) is 5.92 Å². The van der Waals surface area contributed by atoms with Crippen LogP contribution in [0.15, 0.2) is 46.0 Å². The van der Waals surface area contributed by atoms with Gasteiger partial charge in [-0.2, -0.15) is 0 Å². The number of hydrogen-bond donors (Lipinski definition) is 1. The summed E-state index contributed by atoms with van der Waals surface area (Å²) in [6.45, 7) is 4.66. The van der Waals surface area contributed by atoms with E-state index in [0.29, 0.717) is 17.8 Å². The lowest BCUT2D eigenvalue weighted by atomic mass is 10.1. The molecule has 7 nitrogen and oxygen atoms in total. The van der Waals surface area contributed by atoms with E-state index in [2.05, 4.69) is 9.46 Å². The van der Waals surface area contributed by atoms with E-state index in [-0.39, 0.29) is 35.0 Å². The molecule has 1 heterocycles. The summed E-state index contributed by atoms with van der Waals surface area (Å²) in [5.41, 5.74) is 0.647. The second-order valence-corrected chi connectivity index (χ2v) is 9.45. The first kappa shape index (κ1) is 21.9. The molecule has 9 heteroatoms. The van der Waals surface area contributed by atoms with Gasteiger partial charge in [0.05, 0.1) is 13.5 Å². The number of nitrogens with zero attached hydrogens (tertiary/aromatic N) is 1. The van der Waals surface area contributed by atoms with Crippen LogP contribution in [0.3, 0.4) is 0 Å². The predicted octanol–water partition coefficient (Wildman–Crippen LogP) is 3.21. The van der Waals surface area contributed by atoms with Crippen molar-refractivity contribution in [3.8, 4) is 0 Å². The number of anilines is 1. The van der Waals surface area contributed by atoms with E-state index in [9.17, 15) is 18.0 Å². The Labute approximate surface area is 169 Å². The van der Waals surface area contributed by atoms with Gasteiger partial charge in [0, 0.05) is 24.3 Å². The van der Waals surface area contributed by atoms with Crippen molar-refractivity contribution in [3.05, 3.63) is 47.3 Å². The molecule has 0 bridgehead atoms. The minimum absolute atomic E-state index is 0.0969. The third-order valence-electron chi connectivity index (χ3n) is 3.81. The quantitative estimate of drug-likeness (QED) is 0.624. The molecule has 0 saturated heterocycles. The number of methoxy groups -OCH3 is 1. The molecule has 1 aromatic heterocycles. The van der Waals surface area contributed by atoms with Gasteiger partial charge in [0.2, 0.25) is 0 Å². The summed E-state index contributed by atoms with van der Waals surface area (Å²) >= 11 is 1.11. The Morgan fingerprint density at radius 3 is 2.57 bits per heavy atom. The topological polar surface area (TPSA) is 92.8 Å². The standard InChI is InChI=1S/C19H24N2O5S2/c1-14(2)13-21(10-9-17(22)26-3)19(23)15-6-4-7-16(12-15)20-28(24,25)18-8-5-11-27-18/h4-8,11-12,14,20H,9-10,13H2,1-3H3. The van der Waals surface area contributed by atoms with Crippen LogP contribution >= 0.6 is 11.3 Å². The summed E-state index contributed by atoms with van der Waals surface area (Å²) in [5.74, 6) is -0.448. The Morgan fingerprint density at radius 1 is 1.21 bits per heavy atom. The van der Waals surface area contributed by atoms with Crippen LogP contribution in [0, 0.1) is 5.92 Å². The van der Waals surface area contributed by atoms with E-state index in [1.54, 1.807) is 34.5 Å². The number of rotatable bonds is 9. The molecule has 0 unspecified atom stereocenters. The summed E-state index contributed by atoms with van der Waals surface area (Å²) in [6.07, 6.45) is 0.0969. The van der Waals surface area contributed by atoms with E-state index in [0.717, 1.165) is 11.3 Å². The van der Waals surface area contributed by atoms with Gasteiger partial charge in [-0.05, 0) is 35.6 Å². The summed E-state index contributed by atoms with van der Waals surface area (Å²) in [7, 11) is -2.39. The molecule has 1 N–H and O–H groups in total. The second-order valence-electron chi connectivity index (χ2n) is 6.59. The molecule has 0 aliphatic rings. The maximum Gasteiger partial charge on any atom is 0.307 e. The van der Waals surface area contributed by atoms with Crippen molar-refractivity contribution >= 4 is 38.9 Å². The summed E-state index contributed by atoms with van der Waals surface area (Å²) in [5, 5.41) is 1.68. The van der Waals surface area contributed by atoms with Crippen molar-refractivity contribution in [1.29, 1.82) is 0 Å². The first-order valence-electron chi connectivity index (χ1n) is 8.75. The zero-order valence-electron chi connectivity index (χ0n) is 16.0. The number of carbonyl (C=O) groups is 2. The molecule has 0 aliphatic carbocycles. The van der Waals surface area contributed by atoms with Crippen LogP contribution in [0.2, 0.25) is 0 Å². The average Bonchev–Trinajstić information content (AvgIpc) is 3.19. The number of esters is 1. The monoisotopic (exact) mass is 424 g/mol. The van der Waals surface area contributed by atoms with Crippen LogP contribution in [0.5, 0.6) is 0 Å². The molecule has 28 heavy (non-hydrogen) atoms. The molecule has 0 radical (unpaired) electrons. The highest BCUT2D eigenvalue weighted by Crippen LogP contribution is 2.21. The lowest BCUT2D eigenvalue weighted by Crippen LogP contribution is -2.36.